The molecule has 0 saturated carbocycles. The molecule has 2 aromatic rings. The first kappa shape index (κ1) is 11.8. The highest BCUT2D eigenvalue weighted by Gasteiger charge is 2.06. The van der Waals surface area contributed by atoms with Crippen molar-refractivity contribution in [2.75, 3.05) is 13.1 Å². The predicted octanol–water partition coefficient (Wildman–Crippen LogP) is 2.68. The van der Waals surface area contributed by atoms with Crippen LogP contribution in [0.3, 0.4) is 0 Å². The zero-order valence-corrected chi connectivity index (χ0v) is 10.6. The predicted molar refractivity (Wildman–Crippen MR) is 70.2 cm³/mol. The van der Waals surface area contributed by atoms with Crippen molar-refractivity contribution in [3.8, 4) is 0 Å². The Labute approximate surface area is 104 Å². The van der Waals surface area contributed by atoms with E-state index in [1.807, 2.05) is 17.5 Å². The van der Waals surface area contributed by atoms with Crippen LogP contribution in [0.4, 0.5) is 0 Å². The van der Waals surface area contributed by atoms with E-state index in [0.717, 1.165) is 17.8 Å². The molecule has 16 heavy (non-hydrogen) atoms. The normalized spacial score (nSPS) is 12.8. The summed E-state index contributed by atoms with van der Waals surface area (Å²) in [6, 6.07) is 8.15. The molecule has 4 heteroatoms. The van der Waals surface area contributed by atoms with Crippen LogP contribution < -0.4 is 5.32 Å². The van der Waals surface area contributed by atoms with Crippen molar-refractivity contribution in [1.82, 2.24) is 5.32 Å². The number of thiophene rings is 2. The Morgan fingerprint density at radius 2 is 2.00 bits per heavy atom. The Balaban J connectivity index is 1.65. The molecule has 2 N–H and O–H groups in total. The lowest BCUT2D eigenvalue weighted by Gasteiger charge is -2.09. The van der Waals surface area contributed by atoms with Gasteiger partial charge in [0.15, 0.2) is 0 Å². The zero-order chi connectivity index (χ0) is 11.2. The average molecular weight is 253 g/mol. The van der Waals surface area contributed by atoms with Gasteiger partial charge in [0.1, 0.15) is 6.10 Å². The highest BCUT2D eigenvalue weighted by atomic mass is 32.1. The zero-order valence-electron chi connectivity index (χ0n) is 8.93. The van der Waals surface area contributed by atoms with Crippen LogP contribution in [0.2, 0.25) is 0 Å². The number of aliphatic hydroxyl groups excluding tert-OH is 1. The van der Waals surface area contributed by atoms with E-state index in [4.69, 9.17) is 0 Å². The smallest absolute Gasteiger partial charge is 0.101 e. The van der Waals surface area contributed by atoms with Gasteiger partial charge in [-0.3, -0.25) is 0 Å². The minimum Gasteiger partial charge on any atom is -0.386 e. The highest BCUT2D eigenvalue weighted by molar-refractivity contribution is 7.10. The van der Waals surface area contributed by atoms with Gasteiger partial charge in [0.25, 0.3) is 0 Å². The first-order chi connectivity index (χ1) is 7.86. The van der Waals surface area contributed by atoms with Crippen LogP contribution in [0.25, 0.3) is 0 Å². The summed E-state index contributed by atoms with van der Waals surface area (Å²) in [6.07, 6.45) is 0.665. The molecule has 1 unspecified atom stereocenters. The third kappa shape index (κ3) is 3.42. The molecule has 2 heterocycles. The summed E-state index contributed by atoms with van der Waals surface area (Å²) in [6.45, 7) is 1.55. The maximum absolute atomic E-state index is 9.82. The lowest BCUT2D eigenvalue weighted by molar-refractivity contribution is 0.179. The fraction of sp³-hybridized carbons (Fsp3) is 0.333. The average Bonchev–Trinajstić information content (AvgIpc) is 2.96. The molecule has 0 aromatic carbocycles. The second kappa shape index (κ2) is 6.15. The molecule has 0 radical (unpaired) electrons. The van der Waals surface area contributed by atoms with E-state index in [0.29, 0.717) is 6.54 Å². The number of nitrogens with one attached hydrogen (secondary N) is 1. The van der Waals surface area contributed by atoms with Gasteiger partial charge in [-0.25, -0.2) is 0 Å². The molecule has 0 aliphatic heterocycles. The summed E-state index contributed by atoms with van der Waals surface area (Å²) in [7, 11) is 0. The second-order valence-corrected chi connectivity index (χ2v) is 5.58. The van der Waals surface area contributed by atoms with Crippen LogP contribution in [-0.2, 0) is 6.42 Å². The van der Waals surface area contributed by atoms with Crippen molar-refractivity contribution in [3.63, 3.8) is 0 Å². The Kier molecular flexibility index (Phi) is 4.54. The van der Waals surface area contributed by atoms with Gasteiger partial charge in [0.05, 0.1) is 0 Å². The Hall–Kier alpha value is -0.680. The van der Waals surface area contributed by atoms with Gasteiger partial charge in [0, 0.05) is 22.8 Å². The maximum atomic E-state index is 9.82. The van der Waals surface area contributed by atoms with Crippen LogP contribution in [0, 0.1) is 0 Å². The SMILES string of the molecule is OC(CNCCc1cccs1)c1cccs1. The number of rotatable bonds is 6. The monoisotopic (exact) mass is 253 g/mol. The summed E-state index contributed by atoms with van der Waals surface area (Å²) in [5.41, 5.74) is 0. The van der Waals surface area contributed by atoms with Crippen molar-refractivity contribution in [1.29, 1.82) is 0 Å². The molecular weight excluding hydrogens is 238 g/mol. The fourth-order valence-electron chi connectivity index (χ4n) is 1.49. The van der Waals surface area contributed by atoms with E-state index in [2.05, 4.69) is 22.8 Å². The Morgan fingerprint density at radius 3 is 2.69 bits per heavy atom. The Bertz CT molecular complexity index is 383. The van der Waals surface area contributed by atoms with Gasteiger partial charge in [-0.1, -0.05) is 12.1 Å². The summed E-state index contributed by atoms with van der Waals surface area (Å²) in [4.78, 5) is 2.42. The van der Waals surface area contributed by atoms with Crippen LogP contribution in [0.15, 0.2) is 35.0 Å². The first-order valence-electron chi connectivity index (χ1n) is 5.31. The largest absolute Gasteiger partial charge is 0.386 e. The molecule has 0 fully saturated rings. The molecular formula is C12H15NOS2. The highest BCUT2D eigenvalue weighted by Crippen LogP contribution is 2.17. The van der Waals surface area contributed by atoms with Gasteiger partial charge in [-0.05, 0) is 29.3 Å². The van der Waals surface area contributed by atoms with Crippen molar-refractivity contribution in [2.45, 2.75) is 12.5 Å². The van der Waals surface area contributed by atoms with Crippen LogP contribution >= 0.6 is 22.7 Å². The summed E-state index contributed by atoms with van der Waals surface area (Å²) >= 11 is 3.38. The van der Waals surface area contributed by atoms with E-state index in [1.165, 1.54) is 4.88 Å². The lowest BCUT2D eigenvalue weighted by Crippen LogP contribution is -2.23. The molecule has 0 amide bonds. The summed E-state index contributed by atoms with van der Waals surface area (Å²) in [5.74, 6) is 0. The molecule has 2 rings (SSSR count). The van der Waals surface area contributed by atoms with Crippen molar-refractivity contribution in [3.05, 3.63) is 44.8 Å². The molecule has 2 aromatic heterocycles. The van der Waals surface area contributed by atoms with Gasteiger partial charge < -0.3 is 10.4 Å². The summed E-state index contributed by atoms with van der Waals surface area (Å²) < 4.78 is 0. The van der Waals surface area contributed by atoms with Gasteiger partial charge in [-0.2, -0.15) is 0 Å². The van der Waals surface area contributed by atoms with E-state index in [1.54, 1.807) is 22.7 Å². The van der Waals surface area contributed by atoms with E-state index >= 15 is 0 Å². The second-order valence-electron chi connectivity index (χ2n) is 3.56. The molecule has 0 aliphatic carbocycles. The van der Waals surface area contributed by atoms with Crippen molar-refractivity contribution in [2.24, 2.45) is 0 Å². The molecule has 0 bridgehead atoms. The van der Waals surface area contributed by atoms with Gasteiger partial charge in [-0.15, -0.1) is 22.7 Å². The van der Waals surface area contributed by atoms with Crippen LogP contribution in [0.5, 0.6) is 0 Å². The molecule has 0 aliphatic rings. The molecule has 1 atom stereocenters. The number of hydrogen-bond donors (Lipinski definition) is 2. The van der Waals surface area contributed by atoms with Crippen LogP contribution in [0.1, 0.15) is 15.9 Å². The minimum absolute atomic E-state index is 0.372. The molecule has 2 nitrogen and oxygen atoms in total. The standard InChI is InChI=1S/C12H15NOS2/c14-11(12-4-2-8-16-12)9-13-6-5-10-3-1-7-15-10/h1-4,7-8,11,13-14H,5-6,9H2. The molecule has 86 valence electrons. The minimum atomic E-state index is -0.372. The number of hydrogen-bond acceptors (Lipinski definition) is 4. The van der Waals surface area contributed by atoms with Crippen molar-refractivity contribution >= 4 is 22.7 Å². The maximum Gasteiger partial charge on any atom is 0.101 e. The van der Waals surface area contributed by atoms with Crippen molar-refractivity contribution < 1.29 is 5.11 Å². The molecule has 0 saturated heterocycles. The fourth-order valence-corrected chi connectivity index (χ4v) is 2.91. The summed E-state index contributed by atoms with van der Waals surface area (Å²) in [5, 5.41) is 17.2. The number of aliphatic hydroxyl groups is 1. The van der Waals surface area contributed by atoms with E-state index in [9.17, 15) is 5.11 Å². The lowest BCUT2D eigenvalue weighted by atomic mass is 10.3. The quantitative estimate of drug-likeness (QED) is 0.776. The van der Waals surface area contributed by atoms with Crippen LogP contribution in [-0.4, -0.2) is 18.2 Å². The van der Waals surface area contributed by atoms with E-state index in [-0.39, 0.29) is 6.10 Å². The Morgan fingerprint density at radius 1 is 1.19 bits per heavy atom. The van der Waals surface area contributed by atoms with Gasteiger partial charge >= 0.3 is 0 Å². The first-order valence-corrected chi connectivity index (χ1v) is 7.07. The topological polar surface area (TPSA) is 32.3 Å². The third-order valence-corrected chi connectivity index (χ3v) is 4.25. The van der Waals surface area contributed by atoms with E-state index < -0.39 is 0 Å². The third-order valence-electron chi connectivity index (χ3n) is 2.34. The molecule has 0 spiro atoms. The van der Waals surface area contributed by atoms with Gasteiger partial charge in [0.2, 0.25) is 0 Å².